The van der Waals surface area contributed by atoms with Crippen molar-refractivity contribution in [1.82, 2.24) is 14.3 Å². The number of nitrogens with zero attached hydrogens (tertiary/aromatic N) is 3. The second-order valence-corrected chi connectivity index (χ2v) is 7.16. The Bertz CT molecular complexity index is 807. The Kier molecular flexibility index (Phi) is 4.54. The first-order valence-corrected chi connectivity index (χ1v) is 8.74. The van der Waals surface area contributed by atoms with Gasteiger partial charge < -0.3 is 14.8 Å². The van der Waals surface area contributed by atoms with Gasteiger partial charge in [-0.3, -0.25) is 0 Å². The Hall–Kier alpha value is -2.39. The van der Waals surface area contributed by atoms with E-state index in [0.717, 1.165) is 0 Å². The van der Waals surface area contributed by atoms with E-state index in [4.69, 9.17) is 9.47 Å². The molecule has 3 rings (SSSR count). The van der Waals surface area contributed by atoms with Crippen LogP contribution in [0.1, 0.15) is 0 Å². The van der Waals surface area contributed by atoms with E-state index in [0.29, 0.717) is 24.8 Å². The lowest BCUT2D eigenvalue weighted by atomic mass is 10.2. The molecular formula is C15H18N4O4S. The fourth-order valence-electron chi connectivity index (χ4n) is 2.41. The summed E-state index contributed by atoms with van der Waals surface area (Å²) in [5, 5.41) is 3.10. The average Bonchev–Trinajstić information content (AvgIpc) is 2.57. The van der Waals surface area contributed by atoms with Gasteiger partial charge in [-0.2, -0.15) is 4.31 Å². The quantitative estimate of drug-likeness (QED) is 0.830. The molecule has 0 saturated carbocycles. The second-order valence-electron chi connectivity index (χ2n) is 5.25. The molecule has 0 aliphatic carbocycles. The van der Waals surface area contributed by atoms with Gasteiger partial charge in [0.1, 0.15) is 16.4 Å². The van der Waals surface area contributed by atoms with E-state index in [9.17, 15) is 8.42 Å². The number of benzene rings is 1. The Balaban J connectivity index is 1.72. The largest absolute Gasteiger partial charge is 0.497 e. The predicted molar refractivity (Wildman–Crippen MR) is 87.7 cm³/mol. The van der Waals surface area contributed by atoms with Gasteiger partial charge in [0, 0.05) is 31.5 Å². The normalized spacial score (nSPS) is 15.6. The lowest BCUT2D eigenvalue weighted by Gasteiger charge is -2.38. The molecule has 8 nitrogen and oxygen atoms in total. The van der Waals surface area contributed by atoms with Crippen molar-refractivity contribution in [2.75, 3.05) is 32.6 Å². The van der Waals surface area contributed by atoms with E-state index in [1.54, 1.807) is 30.6 Å². The zero-order valence-electron chi connectivity index (χ0n) is 13.3. The lowest BCUT2D eigenvalue weighted by Crippen LogP contribution is -2.56. The van der Waals surface area contributed by atoms with Crippen molar-refractivity contribution in [2.24, 2.45) is 0 Å². The molecule has 1 aliphatic heterocycles. The highest BCUT2D eigenvalue weighted by atomic mass is 32.2. The fraction of sp³-hybridized carbons (Fsp3) is 0.333. The minimum atomic E-state index is -3.62. The van der Waals surface area contributed by atoms with E-state index in [1.165, 1.54) is 24.6 Å². The van der Waals surface area contributed by atoms with E-state index in [1.807, 2.05) is 0 Å². The maximum Gasteiger partial charge on any atom is 0.246 e. The van der Waals surface area contributed by atoms with Crippen molar-refractivity contribution >= 4 is 16.0 Å². The van der Waals surface area contributed by atoms with Crippen LogP contribution in [0.2, 0.25) is 0 Å². The van der Waals surface area contributed by atoms with Crippen LogP contribution in [0, 0.1) is 0 Å². The van der Waals surface area contributed by atoms with Crippen LogP contribution in [0.4, 0.5) is 5.95 Å². The third kappa shape index (κ3) is 3.13. The van der Waals surface area contributed by atoms with Crippen LogP contribution in [0.25, 0.3) is 0 Å². The molecule has 1 N–H and O–H groups in total. The first-order valence-electron chi connectivity index (χ1n) is 7.30. The summed E-state index contributed by atoms with van der Waals surface area (Å²) < 4.78 is 37.2. The van der Waals surface area contributed by atoms with Crippen molar-refractivity contribution in [1.29, 1.82) is 0 Å². The molecule has 128 valence electrons. The number of hydrogen-bond donors (Lipinski definition) is 1. The molecule has 0 spiro atoms. The first-order chi connectivity index (χ1) is 11.5. The molecule has 1 aliphatic rings. The summed E-state index contributed by atoms with van der Waals surface area (Å²) in [4.78, 5) is 8.26. The Labute approximate surface area is 140 Å². The zero-order valence-corrected chi connectivity index (χ0v) is 14.2. The molecule has 1 aromatic carbocycles. The molecule has 0 radical (unpaired) electrons. The van der Waals surface area contributed by atoms with Gasteiger partial charge in [0.05, 0.1) is 20.3 Å². The van der Waals surface area contributed by atoms with Gasteiger partial charge in [-0.1, -0.05) is 0 Å². The molecule has 1 fully saturated rings. The van der Waals surface area contributed by atoms with Crippen LogP contribution >= 0.6 is 0 Å². The summed E-state index contributed by atoms with van der Waals surface area (Å²) in [6, 6.07) is 6.35. The molecule has 2 aromatic rings. The smallest absolute Gasteiger partial charge is 0.246 e. The summed E-state index contributed by atoms with van der Waals surface area (Å²) in [5.74, 6) is 1.29. The summed E-state index contributed by atoms with van der Waals surface area (Å²) >= 11 is 0. The standard InChI is InChI=1S/C15H18N4O4S/c1-22-12-4-5-14(13(8-12)23-2)24(20,21)19-9-11(10-19)18-15-16-6-3-7-17-15/h3-8,11H,9-10H2,1-2H3,(H,16,17,18). The van der Waals surface area contributed by atoms with Gasteiger partial charge in [0.25, 0.3) is 0 Å². The number of sulfonamides is 1. The zero-order chi connectivity index (χ0) is 17.2. The Morgan fingerprint density at radius 2 is 1.88 bits per heavy atom. The average molecular weight is 350 g/mol. The van der Waals surface area contributed by atoms with Gasteiger partial charge in [-0.25, -0.2) is 18.4 Å². The highest BCUT2D eigenvalue weighted by Crippen LogP contribution is 2.32. The van der Waals surface area contributed by atoms with Crippen molar-refractivity contribution in [3.63, 3.8) is 0 Å². The molecule has 0 amide bonds. The minimum Gasteiger partial charge on any atom is -0.497 e. The number of anilines is 1. The SMILES string of the molecule is COc1ccc(S(=O)(=O)N2CC(Nc3ncccn3)C2)c(OC)c1. The Morgan fingerprint density at radius 3 is 2.50 bits per heavy atom. The minimum absolute atomic E-state index is 0.0218. The number of aromatic nitrogens is 2. The number of rotatable bonds is 6. The molecule has 2 heterocycles. The van der Waals surface area contributed by atoms with E-state index >= 15 is 0 Å². The molecule has 0 unspecified atom stereocenters. The van der Waals surface area contributed by atoms with Gasteiger partial charge in [0.15, 0.2) is 0 Å². The predicted octanol–water partition coefficient (Wildman–Crippen LogP) is 0.979. The van der Waals surface area contributed by atoms with Crippen LogP contribution in [-0.2, 0) is 10.0 Å². The van der Waals surface area contributed by atoms with Gasteiger partial charge in [-0.15, -0.1) is 0 Å². The van der Waals surface area contributed by atoms with E-state index in [-0.39, 0.29) is 16.7 Å². The third-order valence-electron chi connectivity index (χ3n) is 3.74. The lowest BCUT2D eigenvalue weighted by molar-refractivity contribution is 0.278. The van der Waals surface area contributed by atoms with E-state index < -0.39 is 10.0 Å². The molecule has 0 atom stereocenters. The number of methoxy groups -OCH3 is 2. The topological polar surface area (TPSA) is 93.7 Å². The van der Waals surface area contributed by atoms with Crippen LogP contribution in [-0.4, -0.2) is 56.0 Å². The summed E-state index contributed by atoms with van der Waals surface area (Å²) in [7, 11) is -0.677. The van der Waals surface area contributed by atoms with Crippen molar-refractivity contribution in [3.8, 4) is 11.5 Å². The maximum atomic E-state index is 12.7. The maximum absolute atomic E-state index is 12.7. The van der Waals surface area contributed by atoms with Crippen LogP contribution in [0.3, 0.4) is 0 Å². The summed E-state index contributed by atoms with van der Waals surface area (Å²) in [5.41, 5.74) is 0. The third-order valence-corrected chi connectivity index (χ3v) is 5.61. The summed E-state index contributed by atoms with van der Waals surface area (Å²) in [6.07, 6.45) is 3.26. The number of nitrogens with one attached hydrogen (secondary N) is 1. The first kappa shape index (κ1) is 16.5. The molecule has 0 bridgehead atoms. The molecule has 1 saturated heterocycles. The van der Waals surface area contributed by atoms with Crippen molar-refractivity contribution in [3.05, 3.63) is 36.7 Å². The number of hydrogen-bond acceptors (Lipinski definition) is 7. The monoisotopic (exact) mass is 350 g/mol. The highest BCUT2D eigenvalue weighted by Gasteiger charge is 2.38. The number of ether oxygens (including phenoxy) is 2. The van der Waals surface area contributed by atoms with Crippen molar-refractivity contribution in [2.45, 2.75) is 10.9 Å². The molecule has 1 aromatic heterocycles. The van der Waals surface area contributed by atoms with Gasteiger partial charge >= 0.3 is 0 Å². The van der Waals surface area contributed by atoms with Crippen LogP contribution in [0.5, 0.6) is 11.5 Å². The van der Waals surface area contributed by atoms with Gasteiger partial charge in [0.2, 0.25) is 16.0 Å². The molecular weight excluding hydrogens is 332 g/mol. The van der Waals surface area contributed by atoms with Gasteiger partial charge in [-0.05, 0) is 18.2 Å². The van der Waals surface area contributed by atoms with E-state index in [2.05, 4.69) is 15.3 Å². The van der Waals surface area contributed by atoms with Crippen molar-refractivity contribution < 1.29 is 17.9 Å². The van der Waals surface area contributed by atoms with Crippen LogP contribution in [0.15, 0.2) is 41.6 Å². The molecule has 9 heteroatoms. The fourth-order valence-corrected chi connectivity index (χ4v) is 4.08. The summed E-state index contributed by atoms with van der Waals surface area (Å²) in [6.45, 7) is 0.686. The highest BCUT2D eigenvalue weighted by molar-refractivity contribution is 7.89. The Morgan fingerprint density at radius 1 is 1.17 bits per heavy atom. The van der Waals surface area contributed by atoms with Crippen LogP contribution < -0.4 is 14.8 Å². The second kappa shape index (κ2) is 6.62. The molecule has 24 heavy (non-hydrogen) atoms.